The number of hydrogen-bond acceptors (Lipinski definition) is 8. The van der Waals surface area contributed by atoms with Crippen molar-refractivity contribution in [3.05, 3.63) is 87.6 Å². The van der Waals surface area contributed by atoms with E-state index in [0.717, 1.165) is 36.3 Å². The Morgan fingerprint density at radius 1 is 0.940 bits per heavy atom. The highest BCUT2D eigenvalue weighted by molar-refractivity contribution is 5.86. The van der Waals surface area contributed by atoms with Crippen LogP contribution >= 0.6 is 0 Å². The number of nitrogens with zero attached hydrogens (tertiary/aromatic N) is 2. The Bertz CT molecular complexity index is 1750. The van der Waals surface area contributed by atoms with Crippen LogP contribution in [0.1, 0.15) is 56.3 Å². The molecule has 10 nitrogen and oxygen atoms in total. The molecule has 0 radical (unpaired) electrons. The summed E-state index contributed by atoms with van der Waals surface area (Å²) in [7, 11) is 4.71. The topological polar surface area (TPSA) is 109 Å². The van der Waals surface area contributed by atoms with Crippen LogP contribution in [0.2, 0.25) is 0 Å². The van der Waals surface area contributed by atoms with Crippen LogP contribution in [0.3, 0.4) is 0 Å². The van der Waals surface area contributed by atoms with E-state index in [0.29, 0.717) is 60.9 Å². The van der Waals surface area contributed by atoms with Crippen molar-refractivity contribution in [3.8, 4) is 28.4 Å². The largest absolute Gasteiger partial charge is 0.493 e. The van der Waals surface area contributed by atoms with Crippen LogP contribution in [0.15, 0.2) is 65.5 Å². The molecule has 2 aliphatic rings. The fourth-order valence-corrected chi connectivity index (χ4v) is 6.98. The van der Waals surface area contributed by atoms with Gasteiger partial charge in [-0.15, -0.1) is 0 Å². The fourth-order valence-electron chi connectivity index (χ4n) is 6.98. The molecule has 1 heterocycles. The first-order valence-corrected chi connectivity index (χ1v) is 17.4. The second-order valence-electron chi connectivity index (χ2n) is 13.4. The lowest BCUT2D eigenvalue weighted by atomic mass is 9.95. The van der Waals surface area contributed by atoms with Crippen LogP contribution in [0, 0.1) is 5.92 Å². The predicted molar refractivity (Wildman–Crippen MR) is 198 cm³/mol. The molecule has 2 amide bonds. The number of aryl methyl sites for hydroxylation is 1. The first kappa shape index (κ1) is 36.5. The van der Waals surface area contributed by atoms with Crippen LogP contribution in [0.5, 0.6) is 17.2 Å². The molecule has 266 valence electrons. The quantitative estimate of drug-likeness (QED) is 0.256. The van der Waals surface area contributed by atoms with Gasteiger partial charge < -0.3 is 29.7 Å². The number of benzene rings is 2. The van der Waals surface area contributed by atoms with Gasteiger partial charge in [-0.2, -0.15) is 0 Å². The summed E-state index contributed by atoms with van der Waals surface area (Å²) in [6, 6.07) is 16.4. The van der Waals surface area contributed by atoms with Crippen LogP contribution in [-0.4, -0.2) is 81.7 Å². The van der Waals surface area contributed by atoms with Gasteiger partial charge in [-0.25, -0.2) is 0 Å². The molecule has 0 aromatic heterocycles. The summed E-state index contributed by atoms with van der Waals surface area (Å²) in [5.74, 6) is 1.48. The minimum atomic E-state index is -0.577. The zero-order valence-corrected chi connectivity index (χ0v) is 30.1. The summed E-state index contributed by atoms with van der Waals surface area (Å²) in [6.07, 6.45) is 6.03. The van der Waals surface area contributed by atoms with E-state index in [9.17, 15) is 14.4 Å². The first-order chi connectivity index (χ1) is 24.1. The Kier molecular flexibility index (Phi) is 12.2. The van der Waals surface area contributed by atoms with Crippen molar-refractivity contribution in [2.45, 2.75) is 52.1 Å². The molecular weight excluding hydrogens is 632 g/mol. The lowest BCUT2D eigenvalue weighted by Crippen LogP contribution is -2.53. The molecule has 50 heavy (non-hydrogen) atoms. The van der Waals surface area contributed by atoms with E-state index >= 15 is 0 Å². The van der Waals surface area contributed by atoms with E-state index in [-0.39, 0.29) is 23.2 Å². The lowest BCUT2D eigenvalue weighted by molar-refractivity contribution is -0.134. The number of carbonyl (C=O) groups is 2. The van der Waals surface area contributed by atoms with Gasteiger partial charge in [-0.05, 0) is 65.6 Å². The summed E-state index contributed by atoms with van der Waals surface area (Å²) in [5, 5.41) is 6.41. The summed E-state index contributed by atoms with van der Waals surface area (Å²) >= 11 is 0. The summed E-state index contributed by atoms with van der Waals surface area (Å²) in [5.41, 5.74) is 4.37. The molecule has 5 rings (SSSR count). The van der Waals surface area contributed by atoms with Crippen molar-refractivity contribution in [1.29, 1.82) is 0 Å². The van der Waals surface area contributed by atoms with Gasteiger partial charge in [-0.3, -0.25) is 19.3 Å². The van der Waals surface area contributed by atoms with Gasteiger partial charge in [0.05, 0.1) is 33.1 Å². The molecule has 0 bridgehead atoms. The molecule has 1 aliphatic carbocycles. The van der Waals surface area contributed by atoms with Gasteiger partial charge >= 0.3 is 0 Å². The minimum absolute atomic E-state index is 0.00869. The highest BCUT2D eigenvalue weighted by atomic mass is 16.5. The van der Waals surface area contributed by atoms with Crippen molar-refractivity contribution >= 4 is 23.6 Å². The molecule has 2 N–H and O–H groups in total. The number of methoxy groups -OCH3 is 3. The lowest BCUT2D eigenvalue weighted by Gasteiger charge is -2.36. The zero-order chi connectivity index (χ0) is 35.8. The monoisotopic (exact) mass is 682 g/mol. The van der Waals surface area contributed by atoms with E-state index in [2.05, 4.69) is 53.7 Å². The number of nitrogens with one attached hydrogen (secondary N) is 2. The van der Waals surface area contributed by atoms with E-state index < -0.39 is 12.1 Å². The molecule has 1 aliphatic heterocycles. The molecule has 1 fully saturated rings. The SMILES string of the molecule is COc1cc2c(c(OC)c1OC)-c1ccc(NC(CC(C)C)C(=O)N3CCN(C/C=C/c4ccccc4)CC3)c(=O)cc1C(NC(C)=O)CC2. The van der Waals surface area contributed by atoms with Crippen LogP contribution in [0.25, 0.3) is 17.2 Å². The number of carbonyl (C=O) groups excluding carboxylic acids is 2. The molecule has 1 saturated heterocycles. The molecule has 3 aromatic rings. The third-order valence-corrected chi connectivity index (χ3v) is 9.41. The van der Waals surface area contributed by atoms with Gasteiger partial charge in [0, 0.05) is 45.2 Å². The number of piperazine rings is 1. The molecule has 0 spiro atoms. The number of amides is 2. The predicted octanol–water partition coefficient (Wildman–Crippen LogP) is 5.55. The molecule has 2 atom stereocenters. The van der Waals surface area contributed by atoms with E-state index in [1.54, 1.807) is 33.5 Å². The third kappa shape index (κ3) is 8.48. The van der Waals surface area contributed by atoms with E-state index in [1.807, 2.05) is 35.2 Å². The summed E-state index contributed by atoms with van der Waals surface area (Å²) in [6.45, 7) is 9.24. The van der Waals surface area contributed by atoms with Gasteiger partial charge in [0.1, 0.15) is 6.04 Å². The third-order valence-electron chi connectivity index (χ3n) is 9.41. The number of ether oxygens (including phenoxy) is 3. The zero-order valence-electron chi connectivity index (χ0n) is 30.1. The Morgan fingerprint density at radius 2 is 1.66 bits per heavy atom. The maximum absolute atomic E-state index is 14.0. The Morgan fingerprint density at radius 3 is 2.30 bits per heavy atom. The van der Waals surface area contributed by atoms with Gasteiger partial charge in [-0.1, -0.05) is 62.4 Å². The first-order valence-electron chi connectivity index (χ1n) is 17.4. The second-order valence-corrected chi connectivity index (χ2v) is 13.4. The van der Waals surface area contributed by atoms with Crippen LogP contribution < -0.4 is 30.3 Å². The van der Waals surface area contributed by atoms with Crippen molar-refractivity contribution in [2.75, 3.05) is 59.4 Å². The van der Waals surface area contributed by atoms with Crippen molar-refractivity contribution in [3.63, 3.8) is 0 Å². The molecule has 0 saturated carbocycles. The molecule has 3 aromatic carbocycles. The highest BCUT2D eigenvalue weighted by Gasteiger charge is 2.31. The number of hydrogen-bond donors (Lipinski definition) is 2. The maximum Gasteiger partial charge on any atom is 0.245 e. The van der Waals surface area contributed by atoms with E-state index in [1.165, 1.54) is 12.5 Å². The van der Waals surface area contributed by atoms with Crippen molar-refractivity contribution in [1.82, 2.24) is 15.1 Å². The Hall–Kier alpha value is -4.83. The normalized spacial score (nSPS) is 16.6. The maximum atomic E-state index is 14.0. The average Bonchev–Trinajstić information content (AvgIpc) is 3.35. The Labute approximate surface area is 295 Å². The number of rotatable bonds is 12. The standard InChI is InChI=1S/C40H50N4O6/c1-26(2)23-34(40(47)44-21-19-43(20-22-44)18-10-13-28-11-8-7-9-12-28)42-33-17-15-30-31(25-35(33)46)32(41-27(3)45)16-14-29-24-36(48-4)38(49-5)39(50-6)37(29)30/h7-13,15,17,24-26,32,34H,14,16,18-23H2,1-6H3,(H,41,45)(H,42,46)/b13-10+. The molecule has 10 heteroatoms. The van der Waals surface area contributed by atoms with Gasteiger partial charge in [0.25, 0.3) is 0 Å². The molecular formula is C40H50N4O6. The number of fused-ring (bicyclic) bond motifs is 3. The van der Waals surface area contributed by atoms with Gasteiger partial charge in [0.15, 0.2) is 11.5 Å². The number of anilines is 1. The highest BCUT2D eigenvalue weighted by Crippen LogP contribution is 2.50. The van der Waals surface area contributed by atoms with Gasteiger partial charge in [0.2, 0.25) is 23.0 Å². The fraction of sp³-hybridized carbons (Fsp3) is 0.425. The average molecular weight is 683 g/mol. The minimum Gasteiger partial charge on any atom is -0.493 e. The van der Waals surface area contributed by atoms with E-state index in [4.69, 9.17) is 14.2 Å². The molecule has 2 unspecified atom stereocenters. The van der Waals surface area contributed by atoms with Crippen molar-refractivity contribution in [2.24, 2.45) is 5.92 Å². The smallest absolute Gasteiger partial charge is 0.245 e. The van der Waals surface area contributed by atoms with Crippen LogP contribution in [-0.2, 0) is 16.0 Å². The van der Waals surface area contributed by atoms with Crippen molar-refractivity contribution < 1.29 is 23.8 Å². The Balaban J connectivity index is 1.43. The summed E-state index contributed by atoms with van der Waals surface area (Å²) in [4.78, 5) is 44.6. The summed E-state index contributed by atoms with van der Waals surface area (Å²) < 4.78 is 17.3. The van der Waals surface area contributed by atoms with Crippen LogP contribution in [0.4, 0.5) is 5.69 Å². The second kappa shape index (κ2) is 16.7.